The van der Waals surface area contributed by atoms with Crippen molar-refractivity contribution in [3.8, 4) is 5.75 Å². The molecule has 0 amide bonds. The SMILES string of the molecule is COc1cccc(Nc2ncnn3ccc(CN4CC[C@H](N)[C@@H](O)C4)c23)c1. The van der Waals surface area contributed by atoms with Crippen molar-refractivity contribution in [2.75, 3.05) is 25.5 Å². The monoisotopic (exact) mass is 368 g/mol. The fraction of sp³-hybridized carbons (Fsp3) is 0.368. The number of fused-ring (bicyclic) bond motifs is 1. The molecule has 3 aromatic rings. The van der Waals surface area contributed by atoms with Crippen LogP contribution in [0.2, 0.25) is 0 Å². The van der Waals surface area contributed by atoms with Gasteiger partial charge >= 0.3 is 0 Å². The number of methoxy groups -OCH3 is 1. The lowest BCUT2D eigenvalue weighted by Gasteiger charge is -2.33. The lowest BCUT2D eigenvalue weighted by molar-refractivity contribution is 0.0501. The Balaban J connectivity index is 1.61. The molecule has 3 heterocycles. The van der Waals surface area contributed by atoms with Crippen LogP contribution in [-0.4, -0.2) is 56.9 Å². The number of hydrogen-bond donors (Lipinski definition) is 3. The Morgan fingerprint density at radius 2 is 2.26 bits per heavy atom. The second-order valence-corrected chi connectivity index (χ2v) is 6.85. The lowest BCUT2D eigenvalue weighted by Crippen LogP contribution is -2.50. The van der Waals surface area contributed by atoms with Gasteiger partial charge in [0.15, 0.2) is 5.82 Å². The predicted octanol–water partition coefficient (Wildman–Crippen LogP) is 1.38. The Morgan fingerprint density at radius 1 is 1.37 bits per heavy atom. The molecule has 8 heteroatoms. The topological polar surface area (TPSA) is 101 Å². The third-order valence-corrected chi connectivity index (χ3v) is 4.98. The number of nitrogens with zero attached hydrogens (tertiary/aromatic N) is 4. The summed E-state index contributed by atoms with van der Waals surface area (Å²) in [6.07, 6.45) is 3.76. The first kappa shape index (κ1) is 17.7. The summed E-state index contributed by atoms with van der Waals surface area (Å²) in [5.74, 6) is 1.51. The number of aliphatic hydroxyl groups excluding tert-OH is 1. The number of rotatable bonds is 5. The van der Waals surface area contributed by atoms with Crippen molar-refractivity contribution in [2.24, 2.45) is 5.73 Å². The van der Waals surface area contributed by atoms with Crippen molar-refractivity contribution in [2.45, 2.75) is 25.1 Å². The van der Waals surface area contributed by atoms with E-state index in [0.29, 0.717) is 13.1 Å². The number of piperidine rings is 1. The highest BCUT2D eigenvalue weighted by molar-refractivity contribution is 5.76. The molecule has 8 nitrogen and oxygen atoms in total. The first-order valence-electron chi connectivity index (χ1n) is 9.02. The van der Waals surface area contributed by atoms with Gasteiger partial charge in [0.2, 0.25) is 0 Å². The van der Waals surface area contributed by atoms with E-state index in [9.17, 15) is 5.11 Å². The summed E-state index contributed by atoms with van der Waals surface area (Å²) < 4.78 is 7.11. The van der Waals surface area contributed by atoms with Gasteiger partial charge in [-0.3, -0.25) is 4.90 Å². The van der Waals surface area contributed by atoms with Gasteiger partial charge in [-0.05, 0) is 30.2 Å². The molecule has 0 bridgehead atoms. The molecule has 1 saturated heterocycles. The molecule has 142 valence electrons. The summed E-state index contributed by atoms with van der Waals surface area (Å²) >= 11 is 0. The predicted molar refractivity (Wildman–Crippen MR) is 103 cm³/mol. The van der Waals surface area contributed by atoms with Crippen molar-refractivity contribution >= 4 is 17.0 Å². The standard InChI is InChI=1S/C19H24N6O2/c1-27-15-4-2-3-14(9-15)23-19-18-13(5-8-25(18)22-12-21-19)10-24-7-6-16(20)17(26)11-24/h2-5,8-9,12,16-17,26H,6-7,10-11,20H2,1H3,(H,21,22,23)/t16-,17-/m0/s1. The van der Waals surface area contributed by atoms with E-state index in [-0.39, 0.29) is 6.04 Å². The molecule has 27 heavy (non-hydrogen) atoms. The van der Waals surface area contributed by atoms with Crippen molar-refractivity contribution in [3.63, 3.8) is 0 Å². The van der Waals surface area contributed by atoms with E-state index >= 15 is 0 Å². The van der Waals surface area contributed by atoms with Crippen molar-refractivity contribution in [3.05, 3.63) is 48.4 Å². The number of aliphatic hydroxyl groups is 1. The number of hydrogen-bond acceptors (Lipinski definition) is 7. The Kier molecular flexibility index (Phi) is 4.93. The first-order valence-corrected chi connectivity index (χ1v) is 9.02. The average Bonchev–Trinajstić information content (AvgIpc) is 3.09. The van der Waals surface area contributed by atoms with E-state index in [2.05, 4.69) is 20.3 Å². The highest BCUT2D eigenvalue weighted by Crippen LogP contribution is 2.26. The van der Waals surface area contributed by atoms with E-state index in [1.54, 1.807) is 7.11 Å². The van der Waals surface area contributed by atoms with Crippen LogP contribution in [0.25, 0.3) is 5.52 Å². The maximum absolute atomic E-state index is 10.1. The third-order valence-electron chi connectivity index (χ3n) is 4.98. The molecule has 4 N–H and O–H groups in total. The van der Waals surface area contributed by atoms with Crippen LogP contribution in [-0.2, 0) is 6.54 Å². The number of anilines is 2. The van der Waals surface area contributed by atoms with Crippen molar-refractivity contribution in [1.82, 2.24) is 19.5 Å². The van der Waals surface area contributed by atoms with E-state index in [1.165, 1.54) is 6.33 Å². The molecule has 1 aliphatic heterocycles. The van der Waals surface area contributed by atoms with Gasteiger partial charge < -0.3 is 20.9 Å². The molecular formula is C19H24N6O2. The highest BCUT2D eigenvalue weighted by atomic mass is 16.5. The molecular weight excluding hydrogens is 344 g/mol. The van der Waals surface area contributed by atoms with Crippen LogP contribution in [0.3, 0.4) is 0 Å². The van der Waals surface area contributed by atoms with Gasteiger partial charge in [0.1, 0.15) is 17.6 Å². The van der Waals surface area contributed by atoms with Gasteiger partial charge in [-0.25, -0.2) is 9.50 Å². The van der Waals surface area contributed by atoms with Crippen LogP contribution in [0.1, 0.15) is 12.0 Å². The van der Waals surface area contributed by atoms with Gasteiger partial charge in [-0.2, -0.15) is 5.10 Å². The summed E-state index contributed by atoms with van der Waals surface area (Å²) in [7, 11) is 1.64. The summed E-state index contributed by atoms with van der Waals surface area (Å²) in [6, 6.07) is 9.62. The molecule has 0 spiro atoms. The van der Waals surface area contributed by atoms with Crippen LogP contribution >= 0.6 is 0 Å². The number of β-amino-alcohol motifs (C(OH)–C–C–N with tert-alkyl or cyclic N) is 1. The Labute approximate surface area is 157 Å². The Bertz CT molecular complexity index is 927. The number of nitrogens with one attached hydrogen (secondary N) is 1. The zero-order chi connectivity index (χ0) is 18.8. The van der Waals surface area contributed by atoms with Gasteiger partial charge in [0, 0.05) is 43.6 Å². The van der Waals surface area contributed by atoms with Crippen molar-refractivity contribution < 1.29 is 9.84 Å². The molecule has 0 saturated carbocycles. The second kappa shape index (κ2) is 7.51. The van der Waals surface area contributed by atoms with Crippen LogP contribution in [0.15, 0.2) is 42.9 Å². The maximum atomic E-state index is 10.1. The molecule has 0 radical (unpaired) electrons. The van der Waals surface area contributed by atoms with Crippen LogP contribution in [0.4, 0.5) is 11.5 Å². The van der Waals surface area contributed by atoms with Crippen LogP contribution in [0, 0.1) is 0 Å². The van der Waals surface area contributed by atoms with E-state index in [4.69, 9.17) is 10.5 Å². The normalized spacial score (nSPS) is 20.7. The zero-order valence-corrected chi connectivity index (χ0v) is 15.2. The lowest BCUT2D eigenvalue weighted by atomic mass is 10.0. The molecule has 1 aliphatic rings. The summed E-state index contributed by atoms with van der Waals surface area (Å²) in [5.41, 5.74) is 8.83. The third kappa shape index (κ3) is 3.73. The van der Waals surface area contributed by atoms with Gasteiger partial charge in [0.25, 0.3) is 0 Å². The molecule has 1 aromatic carbocycles. The Morgan fingerprint density at radius 3 is 3.07 bits per heavy atom. The fourth-order valence-corrected chi connectivity index (χ4v) is 3.47. The second-order valence-electron chi connectivity index (χ2n) is 6.85. The molecule has 0 aliphatic carbocycles. The van der Waals surface area contributed by atoms with Crippen LogP contribution in [0.5, 0.6) is 5.75 Å². The van der Waals surface area contributed by atoms with Crippen LogP contribution < -0.4 is 15.8 Å². The fourth-order valence-electron chi connectivity index (χ4n) is 3.47. The molecule has 0 unspecified atom stereocenters. The first-order chi connectivity index (χ1) is 13.1. The number of ether oxygens (including phenoxy) is 1. The number of likely N-dealkylation sites (tertiary alicyclic amines) is 1. The molecule has 2 atom stereocenters. The maximum Gasteiger partial charge on any atom is 0.158 e. The largest absolute Gasteiger partial charge is 0.497 e. The summed E-state index contributed by atoms with van der Waals surface area (Å²) in [6.45, 7) is 2.15. The highest BCUT2D eigenvalue weighted by Gasteiger charge is 2.25. The smallest absolute Gasteiger partial charge is 0.158 e. The van der Waals surface area contributed by atoms with Gasteiger partial charge in [0.05, 0.1) is 13.2 Å². The zero-order valence-electron chi connectivity index (χ0n) is 15.2. The number of nitrogens with two attached hydrogens (primary N) is 1. The minimum atomic E-state index is -0.488. The summed E-state index contributed by atoms with van der Waals surface area (Å²) in [4.78, 5) is 6.65. The quantitative estimate of drug-likeness (QED) is 0.625. The molecule has 1 fully saturated rings. The van der Waals surface area contributed by atoms with Gasteiger partial charge in [-0.15, -0.1) is 0 Å². The number of aromatic nitrogens is 3. The van der Waals surface area contributed by atoms with E-state index in [1.807, 2.05) is 41.0 Å². The van der Waals surface area contributed by atoms with E-state index in [0.717, 1.165) is 41.3 Å². The molecule has 2 aromatic heterocycles. The van der Waals surface area contributed by atoms with E-state index < -0.39 is 6.10 Å². The average molecular weight is 368 g/mol. The summed E-state index contributed by atoms with van der Waals surface area (Å²) in [5, 5.41) is 17.7. The van der Waals surface area contributed by atoms with Gasteiger partial charge in [-0.1, -0.05) is 6.07 Å². The number of benzene rings is 1. The minimum absolute atomic E-state index is 0.138. The Hall–Kier alpha value is -2.68. The van der Waals surface area contributed by atoms with Crippen molar-refractivity contribution in [1.29, 1.82) is 0 Å². The minimum Gasteiger partial charge on any atom is -0.497 e. The molecule has 4 rings (SSSR count).